The van der Waals surface area contributed by atoms with Gasteiger partial charge in [0, 0.05) is 17.8 Å². The number of hydrogen-bond acceptors (Lipinski definition) is 1. The first-order valence-corrected chi connectivity index (χ1v) is 6.21. The molecule has 1 aromatic rings. The van der Waals surface area contributed by atoms with E-state index in [-0.39, 0.29) is 5.41 Å². The molecule has 0 heterocycles. The fourth-order valence-electron chi connectivity index (χ4n) is 2.55. The first kappa shape index (κ1) is 12.3. The SMILES string of the molecule is CC1(C)CCCCC1Nc1ccc(F)c(F)c1. The lowest BCUT2D eigenvalue weighted by atomic mass is 9.73. The summed E-state index contributed by atoms with van der Waals surface area (Å²) in [4.78, 5) is 0. The van der Waals surface area contributed by atoms with Gasteiger partial charge in [-0.05, 0) is 30.4 Å². The van der Waals surface area contributed by atoms with Crippen LogP contribution in [0.25, 0.3) is 0 Å². The number of rotatable bonds is 2. The van der Waals surface area contributed by atoms with Crippen molar-refractivity contribution in [2.45, 2.75) is 45.6 Å². The molecule has 1 nitrogen and oxygen atoms in total. The zero-order valence-corrected chi connectivity index (χ0v) is 10.4. The maximum absolute atomic E-state index is 13.1. The molecule has 3 heteroatoms. The van der Waals surface area contributed by atoms with Crippen LogP contribution in [0.2, 0.25) is 0 Å². The van der Waals surface area contributed by atoms with Crippen molar-refractivity contribution < 1.29 is 8.78 Å². The van der Waals surface area contributed by atoms with E-state index in [1.54, 1.807) is 6.07 Å². The third-order valence-corrected chi connectivity index (χ3v) is 3.77. The minimum Gasteiger partial charge on any atom is -0.382 e. The van der Waals surface area contributed by atoms with Crippen molar-refractivity contribution in [1.82, 2.24) is 0 Å². The third-order valence-electron chi connectivity index (χ3n) is 3.77. The Morgan fingerprint density at radius 3 is 2.59 bits per heavy atom. The van der Waals surface area contributed by atoms with Gasteiger partial charge in [-0.15, -0.1) is 0 Å². The van der Waals surface area contributed by atoms with Gasteiger partial charge < -0.3 is 5.32 Å². The Morgan fingerprint density at radius 2 is 1.94 bits per heavy atom. The predicted octanol–water partition coefficient (Wildman–Crippen LogP) is 4.35. The minimum atomic E-state index is -0.793. The van der Waals surface area contributed by atoms with Crippen LogP contribution in [0.1, 0.15) is 39.5 Å². The van der Waals surface area contributed by atoms with Gasteiger partial charge in [-0.25, -0.2) is 8.78 Å². The molecule has 94 valence electrons. The van der Waals surface area contributed by atoms with Gasteiger partial charge in [0.15, 0.2) is 11.6 Å². The van der Waals surface area contributed by atoms with Crippen LogP contribution in [0.15, 0.2) is 18.2 Å². The van der Waals surface area contributed by atoms with Crippen molar-refractivity contribution in [2.75, 3.05) is 5.32 Å². The molecule has 1 unspecified atom stereocenters. The number of nitrogens with one attached hydrogen (secondary N) is 1. The predicted molar refractivity (Wildman–Crippen MR) is 66.0 cm³/mol. The average Bonchev–Trinajstić information content (AvgIpc) is 2.26. The Kier molecular flexibility index (Phi) is 3.36. The standard InChI is InChI=1S/C14H19F2N/c1-14(2)8-4-3-5-13(14)17-10-6-7-11(15)12(16)9-10/h6-7,9,13,17H,3-5,8H2,1-2H3. The van der Waals surface area contributed by atoms with Crippen molar-refractivity contribution in [3.63, 3.8) is 0 Å². The number of hydrogen-bond donors (Lipinski definition) is 1. The second kappa shape index (κ2) is 4.63. The quantitative estimate of drug-likeness (QED) is 0.809. The summed E-state index contributed by atoms with van der Waals surface area (Å²) in [7, 11) is 0. The highest BCUT2D eigenvalue weighted by atomic mass is 19.2. The van der Waals surface area contributed by atoms with Crippen molar-refractivity contribution >= 4 is 5.69 Å². The summed E-state index contributed by atoms with van der Waals surface area (Å²) in [5.41, 5.74) is 0.882. The van der Waals surface area contributed by atoms with Crippen LogP contribution < -0.4 is 5.32 Å². The Bertz CT molecular complexity index is 401. The van der Waals surface area contributed by atoms with Crippen molar-refractivity contribution in [2.24, 2.45) is 5.41 Å². The van der Waals surface area contributed by atoms with Crippen molar-refractivity contribution in [1.29, 1.82) is 0 Å². The van der Waals surface area contributed by atoms with E-state index < -0.39 is 11.6 Å². The summed E-state index contributed by atoms with van der Waals surface area (Å²) < 4.78 is 25.9. The molecule has 0 aromatic heterocycles. The van der Waals surface area contributed by atoms with Gasteiger partial charge in [-0.2, -0.15) is 0 Å². The molecule has 0 aliphatic heterocycles. The van der Waals surface area contributed by atoms with Crippen LogP contribution in [0.4, 0.5) is 14.5 Å². The monoisotopic (exact) mass is 239 g/mol. The molecule has 0 bridgehead atoms. The molecule has 1 aromatic carbocycles. The summed E-state index contributed by atoms with van der Waals surface area (Å²) in [6.45, 7) is 4.45. The smallest absolute Gasteiger partial charge is 0.160 e. The zero-order valence-electron chi connectivity index (χ0n) is 10.4. The average molecular weight is 239 g/mol. The molecular formula is C14H19F2N. The first-order valence-electron chi connectivity index (χ1n) is 6.21. The van der Waals surface area contributed by atoms with Crippen molar-refractivity contribution in [3.05, 3.63) is 29.8 Å². The zero-order chi connectivity index (χ0) is 12.5. The van der Waals surface area contributed by atoms with Crippen LogP contribution >= 0.6 is 0 Å². The highest BCUT2D eigenvalue weighted by molar-refractivity contribution is 5.44. The Labute approximate surface area is 101 Å². The molecule has 1 atom stereocenters. The fourth-order valence-corrected chi connectivity index (χ4v) is 2.55. The molecule has 17 heavy (non-hydrogen) atoms. The normalized spacial score (nSPS) is 23.4. The van der Waals surface area contributed by atoms with Gasteiger partial charge >= 0.3 is 0 Å². The highest BCUT2D eigenvalue weighted by Gasteiger charge is 2.32. The van der Waals surface area contributed by atoms with E-state index in [9.17, 15) is 8.78 Å². The lowest BCUT2D eigenvalue weighted by Gasteiger charge is -2.39. The topological polar surface area (TPSA) is 12.0 Å². The molecule has 1 aliphatic rings. The van der Waals surface area contributed by atoms with E-state index in [0.717, 1.165) is 6.42 Å². The molecule has 1 N–H and O–H groups in total. The number of halogens is 2. The van der Waals surface area contributed by atoms with Crippen molar-refractivity contribution in [3.8, 4) is 0 Å². The molecule has 0 spiro atoms. The van der Waals surface area contributed by atoms with Gasteiger partial charge in [0.05, 0.1) is 0 Å². The number of benzene rings is 1. The summed E-state index contributed by atoms with van der Waals surface area (Å²) in [6.07, 6.45) is 4.72. The van der Waals surface area contributed by atoms with E-state index in [4.69, 9.17) is 0 Å². The van der Waals surface area contributed by atoms with Gasteiger partial charge in [0.25, 0.3) is 0 Å². The van der Waals surface area contributed by atoms with Crippen LogP contribution in [0.5, 0.6) is 0 Å². The van der Waals surface area contributed by atoms with E-state index in [1.807, 2.05) is 0 Å². The van der Waals surface area contributed by atoms with Crippen LogP contribution in [-0.4, -0.2) is 6.04 Å². The van der Waals surface area contributed by atoms with Crippen LogP contribution in [0.3, 0.4) is 0 Å². The lowest BCUT2D eigenvalue weighted by molar-refractivity contribution is 0.217. The van der Waals surface area contributed by atoms with Crippen LogP contribution in [-0.2, 0) is 0 Å². The third kappa shape index (κ3) is 2.76. The molecule has 0 radical (unpaired) electrons. The summed E-state index contributed by atoms with van der Waals surface area (Å²) in [5.74, 6) is -1.58. The Hall–Kier alpha value is -1.12. The second-order valence-electron chi connectivity index (χ2n) is 5.56. The number of anilines is 1. The van der Waals surface area contributed by atoms with Gasteiger partial charge in [0.2, 0.25) is 0 Å². The molecule has 1 saturated carbocycles. The van der Waals surface area contributed by atoms with E-state index in [2.05, 4.69) is 19.2 Å². The fraction of sp³-hybridized carbons (Fsp3) is 0.571. The lowest BCUT2D eigenvalue weighted by Crippen LogP contribution is -2.38. The summed E-state index contributed by atoms with van der Waals surface area (Å²) in [6, 6.07) is 4.34. The van der Waals surface area contributed by atoms with Gasteiger partial charge in [-0.1, -0.05) is 26.7 Å². The molecule has 2 rings (SSSR count). The highest BCUT2D eigenvalue weighted by Crippen LogP contribution is 2.37. The first-order chi connectivity index (χ1) is 7.99. The maximum Gasteiger partial charge on any atom is 0.160 e. The molecular weight excluding hydrogens is 220 g/mol. The summed E-state index contributed by atoms with van der Waals surface area (Å²) in [5, 5.41) is 3.33. The molecule has 0 saturated heterocycles. The second-order valence-corrected chi connectivity index (χ2v) is 5.56. The maximum atomic E-state index is 13.1. The summed E-state index contributed by atoms with van der Waals surface area (Å²) >= 11 is 0. The molecule has 1 aliphatic carbocycles. The van der Waals surface area contributed by atoms with E-state index >= 15 is 0 Å². The molecule has 0 amide bonds. The van der Waals surface area contributed by atoms with Gasteiger partial charge in [0.1, 0.15) is 0 Å². The minimum absolute atomic E-state index is 0.211. The molecule has 1 fully saturated rings. The van der Waals surface area contributed by atoms with E-state index in [1.165, 1.54) is 31.4 Å². The Morgan fingerprint density at radius 1 is 1.18 bits per heavy atom. The Balaban J connectivity index is 2.11. The largest absolute Gasteiger partial charge is 0.382 e. The van der Waals surface area contributed by atoms with Gasteiger partial charge in [-0.3, -0.25) is 0 Å². The van der Waals surface area contributed by atoms with Crippen LogP contribution in [0, 0.1) is 17.0 Å². The van der Waals surface area contributed by atoms with E-state index in [0.29, 0.717) is 11.7 Å².